The van der Waals surface area contributed by atoms with Gasteiger partial charge in [0, 0.05) is 30.2 Å². The summed E-state index contributed by atoms with van der Waals surface area (Å²) in [6, 6.07) is 9.55. The normalized spacial score (nSPS) is 24.9. The lowest BCUT2D eigenvalue weighted by Crippen LogP contribution is -2.45. The smallest absolute Gasteiger partial charge is 0.119 e. The summed E-state index contributed by atoms with van der Waals surface area (Å²) in [5, 5.41) is 0. The lowest BCUT2D eigenvalue weighted by Gasteiger charge is -2.38. The van der Waals surface area contributed by atoms with E-state index in [0.29, 0.717) is 0 Å². The highest BCUT2D eigenvalue weighted by molar-refractivity contribution is 9.11. The van der Waals surface area contributed by atoms with Gasteiger partial charge in [-0.25, -0.2) is 0 Å². The fourth-order valence-electron chi connectivity index (χ4n) is 5.38. The first kappa shape index (κ1) is 25.0. The Morgan fingerprint density at radius 3 is 2.45 bits per heavy atom. The van der Waals surface area contributed by atoms with Crippen LogP contribution in [0.4, 0.5) is 0 Å². The van der Waals surface area contributed by atoms with Crippen molar-refractivity contribution in [3.05, 3.63) is 52.5 Å². The molecule has 0 radical (unpaired) electrons. The molecule has 33 heavy (non-hydrogen) atoms. The molecule has 2 fully saturated rings. The number of halogens is 1. The van der Waals surface area contributed by atoms with Gasteiger partial charge in [-0.2, -0.15) is 0 Å². The number of hydrogen-bond donors (Lipinski definition) is 0. The number of nitrogens with zero attached hydrogens (tertiary/aromatic N) is 3. The van der Waals surface area contributed by atoms with E-state index in [9.17, 15) is 0 Å². The van der Waals surface area contributed by atoms with Crippen molar-refractivity contribution in [3.63, 3.8) is 0 Å². The zero-order chi connectivity index (χ0) is 22.7. The number of allylic oxidation sites excluding steroid dienone is 3. The van der Waals surface area contributed by atoms with E-state index in [2.05, 4.69) is 73.1 Å². The van der Waals surface area contributed by atoms with Crippen LogP contribution in [-0.4, -0.2) is 73.2 Å². The van der Waals surface area contributed by atoms with Gasteiger partial charge in [-0.05, 0) is 95.4 Å². The summed E-state index contributed by atoms with van der Waals surface area (Å²) >= 11 is 3.64. The van der Waals surface area contributed by atoms with Gasteiger partial charge < -0.3 is 9.64 Å². The second-order valence-corrected chi connectivity index (χ2v) is 10.8. The molecular weight excluding hydrogens is 474 g/mol. The summed E-state index contributed by atoms with van der Waals surface area (Å²) in [5.74, 6) is 1.01. The lowest BCUT2D eigenvalue weighted by atomic mass is 10.0. The fourth-order valence-corrected chi connectivity index (χ4v) is 5.79. The van der Waals surface area contributed by atoms with E-state index in [4.69, 9.17) is 4.74 Å². The molecule has 0 saturated carbocycles. The zero-order valence-electron chi connectivity index (χ0n) is 20.3. The van der Waals surface area contributed by atoms with Gasteiger partial charge in [-0.15, -0.1) is 0 Å². The minimum atomic E-state index is 0.725. The summed E-state index contributed by atoms with van der Waals surface area (Å²) in [7, 11) is 0. The molecule has 1 aromatic carbocycles. The minimum Gasteiger partial charge on any atom is -0.494 e. The van der Waals surface area contributed by atoms with Crippen LogP contribution < -0.4 is 4.74 Å². The van der Waals surface area contributed by atoms with Crippen LogP contribution in [0, 0.1) is 0 Å². The Bertz CT molecular complexity index is 749. The Morgan fingerprint density at radius 2 is 1.67 bits per heavy atom. The summed E-state index contributed by atoms with van der Waals surface area (Å²) < 4.78 is 7.23. The van der Waals surface area contributed by atoms with Crippen LogP contribution in [0.2, 0.25) is 0 Å². The van der Waals surface area contributed by atoms with Crippen molar-refractivity contribution >= 4 is 15.9 Å². The van der Waals surface area contributed by atoms with Crippen LogP contribution >= 0.6 is 15.9 Å². The Kier molecular flexibility index (Phi) is 10.3. The molecule has 3 heterocycles. The van der Waals surface area contributed by atoms with E-state index in [0.717, 1.165) is 37.9 Å². The van der Waals surface area contributed by atoms with Crippen molar-refractivity contribution in [2.45, 2.75) is 64.0 Å². The lowest BCUT2D eigenvalue weighted by molar-refractivity contribution is 0.112. The number of ether oxygens (including phenoxy) is 1. The molecule has 0 atom stereocenters. The standard InChI is InChI=1S/C28H42BrN3O/c29-26-8-2-5-19-32(20-6-9-26)27-14-21-31(22-15-27)24-25-10-12-28(13-11-25)33-23-7-18-30-16-3-1-4-17-30/h6,8-13,27H,1-5,7,14-24H2/b9-6-,26-8+. The van der Waals surface area contributed by atoms with Crippen molar-refractivity contribution in [3.8, 4) is 5.75 Å². The number of likely N-dealkylation sites (tertiary alicyclic amines) is 2. The molecule has 3 aliphatic rings. The van der Waals surface area contributed by atoms with E-state index in [1.54, 1.807) is 0 Å². The largest absolute Gasteiger partial charge is 0.494 e. The summed E-state index contributed by atoms with van der Waals surface area (Å²) in [4.78, 5) is 7.90. The molecule has 0 amide bonds. The maximum atomic E-state index is 6.00. The molecule has 0 spiro atoms. The molecule has 0 aliphatic carbocycles. The second kappa shape index (κ2) is 13.7. The highest BCUT2D eigenvalue weighted by Crippen LogP contribution is 2.22. The molecule has 3 aliphatic heterocycles. The van der Waals surface area contributed by atoms with Crippen LogP contribution in [0.15, 0.2) is 47.0 Å². The van der Waals surface area contributed by atoms with E-state index >= 15 is 0 Å². The van der Waals surface area contributed by atoms with E-state index in [-0.39, 0.29) is 0 Å². The van der Waals surface area contributed by atoms with Gasteiger partial charge in [0.05, 0.1) is 6.61 Å². The van der Waals surface area contributed by atoms with Crippen molar-refractivity contribution < 1.29 is 4.74 Å². The zero-order valence-corrected chi connectivity index (χ0v) is 21.9. The van der Waals surface area contributed by atoms with Gasteiger partial charge in [0.15, 0.2) is 0 Å². The third kappa shape index (κ3) is 8.54. The van der Waals surface area contributed by atoms with Gasteiger partial charge in [-0.1, -0.05) is 52.7 Å². The first-order chi connectivity index (χ1) is 16.3. The topological polar surface area (TPSA) is 19.0 Å². The molecule has 4 nitrogen and oxygen atoms in total. The van der Waals surface area contributed by atoms with Crippen molar-refractivity contribution in [2.75, 3.05) is 52.4 Å². The molecule has 0 N–H and O–H groups in total. The minimum absolute atomic E-state index is 0.725. The molecule has 0 aromatic heterocycles. The first-order valence-corrected chi connectivity index (χ1v) is 14.0. The third-order valence-corrected chi connectivity index (χ3v) is 7.93. The molecular formula is C28H42BrN3O. The third-order valence-electron chi connectivity index (χ3n) is 7.34. The maximum absolute atomic E-state index is 6.00. The average Bonchev–Trinajstić information content (AvgIpc) is 2.96. The molecule has 5 heteroatoms. The van der Waals surface area contributed by atoms with Gasteiger partial charge in [0.25, 0.3) is 0 Å². The highest BCUT2D eigenvalue weighted by Gasteiger charge is 2.24. The summed E-state index contributed by atoms with van der Waals surface area (Å²) in [6.07, 6.45) is 17.1. The van der Waals surface area contributed by atoms with Crippen molar-refractivity contribution in [1.29, 1.82) is 0 Å². The SMILES string of the molecule is BrC1=C/CCCN(C2CCN(Cc3ccc(OCCCN4CCCCC4)cc3)CC2)C/C=C\1. The number of hydrogen-bond acceptors (Lipinski definition) is 4. The van der Waals surface area contributed by atoms with Crippen molar-refractivity contribution in [1.82, 2.24) is 14.7 Å². The van der Waals surface area contributed by atoms with Crippen LogP contribution in [-0.2, 0) is 6.54 Å². The number of rotatable bonds is 8. The predicted octanol–water partition coefficient (Wildman–Crippen LogP) is 5.84. The van der Waals surface area contributed by atoms with E-state index in [1.807, 2.05) is 0 Å². The number of benzene rings is 1. The van der Waals surface area contributed by atoms with Gasteiger partial charge in [0.2, 0.25) is 0 Å². The molecule has 0 bridgehead atoms. The predicted molar refractivity (Wildman–Crippen MR) is 142 cm³/mol. The van der Waals surface area contributed by atoms with Gasteiger partial charge >= 0.3 is 0 Å². The van der Waals surface area contributed by atoms with Crippen LogP contribution in [0.5, 0.6) is 5.75 Å². The Labute approximate surface area is 209 Å². The van der Waals surface area contributed by atoms with E-state index in [1.165, 1.54) is 94.3 Å². The van der Waals surface area contributed by atoms with E-state index < -0.39 is 0 Å². The van der Waals surface area contributed by atoms with Crippen LogP contribution in [0.3, 0.4) is 0 Å². The summed E-state index contributed by atoms with van der Waals surface area (Å²) in [6.45, 7) is 10.3. The molecule has 1 aromatic rings. The Balaban J connectivity index is 1.14. The maximum Gasteiger partial charge on any atom is 0.119 e. The Hall–Kier alpha value is -1.14. The highest BCUT2D eigenvalue weighted by atomic mass is 79.9. The van der Waals surface area contributed by atoms with Gasteiger partial charge in [-0.3, -0.25) is 9.80 Å². The van der Waals surface area contributed by atoms with Gasteiger partial charge in [0.1, 0.15) is 5.75 Å². The quantitative estimate of drug-likeness (QED) is 0.405. The molecule has 182 valence electrons. The monoisotopic (exact) mass is 515 g/mol. The first-order valence-electron chi connectivity index (χ1n) is 13.2. The molecule has 0 unspecified atom stereocenters. The fraction of sp³-hybridized carbons (Fsp3) is 0.643. The Morgan fingerprint density at radius 1 is 0.879 bits per heavy atom. The van der Waals surface area contributed by atoms with Crippen LogP contribution in [0.25, 0.3) is 0 Å². The number of piperidine rings is 2. The summed E-state index contributed by atoms with van der Waals surface area (Å²) in [5.41, 5.74) is 1.40. The average molecular weight is 517 g/mol. The van der Waals surface area contributed by atoms with Crippen molar-refractivity contribution in [2.24, 2.45) is 0 Å². The molecule has 2 saturated heterocycles. The van der Waals surface area contributed by atoms with Crippen LogP contribution in [0.1, 0.15) is 56.9 Å². The second-order valence-electron chi connectivity index (χ2n) is 9.88. The molecule has 4 rings (SSSR count).